The molecule has 0 radical (unpaired) electrons. The highest BCUT2D eigenvalue weighted by Crippen LogP contribution is 2.03. The van der Waals surface area contributed by atoms with Crippen molar-refractivity contribution in [3.63, 3.8) is 0 Å². The Hall–Kier alpha value is -2.17. The van der Waals surface area contributed by atoms with Crippen LogP contribution in [0.2, 0.25) is 0 Å². The second kappa shape index (κ2) is 6.36. The van der Waals surface area contributed by atoms with Crippen LogP contribution in [0.4, 0.5) is 0 Å². The Morgan fingerprint density at radius 3 is 1.36 bits per heavy atom. The maximum atomic E-state index is 8.14. The van der Waals surface area contributed by atoms with Crippen molar-refractivity contribution in [2.45, 2.75) is 5.54 Å². The highest BCUT2D eigenvalue weighted by atomic mass is 16.5. The molecule has 0 saturated heterocycles. The average Bonchev–Trinajstić information content (AvgIpc) is 2.21. The Morgan fingerprint density at radius 1 is 0.857 bits per heavy atom. The molecule has 14 heavy (non-hydrogen) atoms. The molecule has 7 nitrogen and oxygen atoms in total. The summed E-state index contributed by atoms with van der Waals surface area (Å²) in [6, 6.07) is 0. The van der Waals surface area contributed by atoms with Crippen LogP contribution in [0.1, 0.15) is 0 Å². The summed E-state index contributed by atoms with van der Waals surface area (Å²) in [5, 5.41) is 24.4. The molecule has 0 aromatic heterocycles. The summed E-state index contributed by atoms with van der Waals surface area (Å²) in [6.07, 6.45) is 4.26. The van der Waals surface area contributed by atoms with Crippen molar-refractivity contribution in [2.75, 3.05) is 19.8 Å². The van der Waals surface area contributed by atoms with Crippen LogP contribution in [-0.2, 0) is 14.2 Å². The first-order valence-electron chi connectivity index (χ1n) is 3.50. The van der Waals surface area contributed by atoms with Gasteiger partial charge in [-0.3, -0.25) is 0 Å². The fourth-order valence-electron chi connectivity index (χ4n) is 0.653. The predicted molar refractivity (Wildman–Crippen MR) is 41.6 cm³/mol. The Morgan fingerprint density at radius 2 is 1.14 bits per heavy atom. The van der Waals surface area contributed by atoms with Gasteiger partial charge in [0.15, 0.2) is 0 Å². The first-order chi connectivity index (χ1) is 6.68. The van der Waals surface area contributed by atoms with Crippen LogP contribution < -0.4 is 5.73 Å². The molecule has 2 N–H and O–H groups in total. The van der Waals surface area contributed by atoms with E-state index in [1.165, 1.54) is 18.8 Å². The molecule has 0 aliphatic heterocycles. The summed E-state index contributed by atoms with van der Waals surface area (Å²) in [5.74, 6) is 0. The van der Waals surface area contributed by atoms with E-state index in [-0.39, 0.29) is 19.8 Å². The van der Waals surface area contributed by atoms with Crippen molar-refractivity contribution in [1.82, 2.24) is 0 Å². The van der Waals surface area contributed by atoms with E-state index in [9.17, 15) is 0 Å². The van der Waals surface area contributed by atoms with E-state index in [4.69, 9.17) is 21.5 Å². The van der Waals surface area contributed by atoms with Crippen molar-refractivity contribution in [1.29, 1.82) is 15.8 Å². The summed E-state index contributed by atoms with van der Waals surface area (Å²) >= 11 is 0. The summed E-state index contributed by atoms with van der Waals surface area (Å²) in [5.41, 5.74) is 4.45. The Balaban J connectivity index is 4.13. The van der Waals surface area contributed by atoms with Gasteiger partial charge in [0, 0.05) is 0 Å². The van der Waals surface area contributed by atoms with Crippen molar-refractivity contribution in [3.8, 4) is 18.8 Å². The van der Waals surface area contributed by atoms with Gasteiger partial charge in [-0.2, -0.15) is 15.8 Å². The van der Waals surface area contributed by atoms with Gasteiger partial charge < -0.3 is 19.9 Å². The zero-order valence-corrected chi connectivity index (χ0v) is 7.27. The zero-order valence-electron chi connectivity index (χ0n) is 7.27. The van der Waals surface area contributed by atoms with Gasteiger partial charge in [-0.15, -0.1) is 0 Å². The highest BCUT2D eigenvalue weighted by Gasteiger charge is 2.29. The number of nitrogens with two attached hydrogens (primary N) is 1. The number of nitrogens with zero attached hydrogens (tertiary/aromatic N) is 3. The Labute approximate surface area is 80.8 Å². The van der Waals surface area contributed by atoms with Crippen molar-refractivity contribution < 1.29 is 14.2 Å². The third-order valence-electron chi connectivity index (χ3n) is 1.27. The molecule has 0 aromatic carbocycles. The number of nitriles is 3. The van der Waals surface area contributed by atoms with Gasteiger partial charge in [-0.25, -0.2) is 0 Å². The Bertz CT molecular complexity index is 239. The van der Waals surface area contributed by atoms with Crippen molar-refractivity contribution in [3.05, 3.63) is 0 Å². The SMILES string of the molecule is N#COCC(N)(COC#N)COC#N. The van der Waals surface area contributed by atoms with Crippen LogP contribution >= 0.6 is 0 Å². The molecule has 0 spiro atoms. The lowest BCUT2D eigenvalue weighted by Crippen LogP contribution is -2.52. The fourth-order valence-corrected chi connectivity index (χ4v) is 0.653. The number of hydrogen-bond acceptors (Lipinski definition) is 7. The fraction of sp³-hybridized carbons (Fsp3) is 0.571. The van der Waals surface area contributed by atoms with Gasteiger partial charge in [-0.05, 0) is 0 Å². The molecular formula is C7H8N4O3. The molecule has 7 heteroatoms. The normalized spacial score (nSPS) is 9.00. The van der Waals surface area contributed by atoms with Gasteiger partial charge in [0.25, 0.3) is 18.8 Å². The summed E-state index contributed by atoms with van der Waals surface area (Å²) < 4.78 is 13.2. The van der Waals surface area contributed by atoms with E-state index in [2.05, 4.69) is 14.2 Å². The third-order valence-corrected chi connectivity index (χ3v) is 1.27. The minimum atomic E-state index is -1.18. The molecule has 0 saturated carbocycles. The lowest BCUT2D eigenvalue weighted by atomic mass is 10.1. The molecular weight excluding hydrogens is 188 g/mol. The van der Waals surface area contributed by atoms with Crippen LogP contribution in [0.3, 0.4) is 0 Å². The van der Waals surface area contributed by atoms with E-state index < -0.39 is 5.54 Å². The van der Waals surface area contributed by atoms with Crippen molar-refractivity contribution in [2.24, 2.45) is 5.73 Å². The van der Waals surface area contributed by atoms with Crippen LogP contribution in [0, 0.1) is 34.6 Å². The van der Waals surface area contributed by atoms with E-state index >= 15 is 0 Å². The lowest BCUT2D eigenvalue weighted by Gasteiger charge is -2.23. The van der Waals surface area contributed by atoms with Crippen LogP contribution in [0.15, 0.2) is 0 Å². The average molecular weight is 196 g/mol. The molecule has 0 amide bonds. The largest absolute Gasteiger partial charge is 0.425 e. The van der Waals surface area contributed by atoms with Gasteiger partial charge in [0.05, 0.1) is 0 Å². The Kier molecular flexibility index (Phi) is 5.37. The smallest absolute Gasteiger partial charge is 0.286 e. The van der Waals surface area contributed by atoms with E-state index in [1.807, 2.05) is 0 Å². The summed E-state index contributed by atoms with van der Waals surface area (Å²) in [4.78, 5) is 0. The lowest BCUT2D eigenvalue weighted by molar-refractivity contribution is 0.0624. The van der Waals surface area contributed by atoms with Gasteiger partial charge in [-0.1, -0.05) is 0 Å². The first kappa shape index (κ1) is 11.8. The summed E-state index contributed by atoms with van der Waals surface area (Å²) in [6.45, 7) is -0.563. The maximum Gasteiger partial charge on any atom is 0.286 e. The molecule has 0 heterocycles. The predicted octanol–water partition coefficient (Wildman–Crippen LogP) is -0.823. The quantitative estimate of drug-likeness (QED) is 0.550. The molecule has 0 rings (SSSR count). The second-order valence-electron chi connectivity index (χ2n) is 2.50. The highest BCUT2D eigenvalue weighted by molar-refractivity contribution is 4.86. The van der Waals surface area contributed by atoms with E-state index in [0.717, 1.165) is 0 Å². The number of hydrogen-bond donors (Lipinski definition) is 1. The minimum absolute atomic E-state index is 0.188. The van der Waals surface area contributed by atoms with Crippen LogP contribution in [-0.4, -0.2) is 25.4 Å². The van der Waals surface area contributed by atoms with Crippen molar-refractivity contribution >= 4 is 0 Å². The maximum absolute atomic E-state index is 8.14. The van der Waals surface area contributed by atoms with Gasteiger partial charge in [0.2, 0.25) is 0 Å². The topological polar surface area (TPSA) is 125 Å². The number of rotatable bonds is 6. The molecule has 0 aliphatic carbocycles. The molecule has 74 valence electrons. The first-order valence-corrected chi connectivity index (χ1v) is 3.50. The van der Waals surface area contributed by atoms with E-state index in [0.29, 0.717) is 0 Å². The standard InChI is InChI=1S/C7H8N4O3/c8-4-12-1-7(11,2-13-5-9)3-14-6-10/h1-3,11H2. The third kappa shape index (κ3) is 4.66. The number of ether oxygens (including phenoxy) is 3. The molecule has 0 bridgehead atoms. The van der Waals surface area contributed by atoms with Crippen LogP contribution in [0.5, 0.6) is 0 Å². The zero-order chi connectivity index (χ0) is 10.9. The van der Waals surface area contributed by atoms with E-state index in [1.54, 1.807) is 0 Å². The van der Waals surface area contributed by atoms with Gasteiger partial charge in [0.1, 0.15) is 25.4 Å². The molecule has 0 fully saturated rings. The molecule has 0 unspecified atom stereocenters. The monoisotopic (exact) mass is 196 g/mol. The second-order valence-corrected chi connectivity index (χ2v) is 2.50. The molecule has 0 aliphatic rings. The summed E-state index contributed by atoms with van der Waals surface area (Å²) in [7, 11) is 0. The minimum Gasteiger partial charge on any atom is -0.425 e. The van der Waals surface area contributed by atoms with Gasteiger partial charge >= 0.3 is 0 Å². The molecule has 0 atom stereocenters. The molecule has 0 aromatic rings. The van der Waals surface area contributed by atoms with Crippen LogP contribution in [0.25, 0.3) is 0 Å².